The highest BCUT2D eigenvalue weighted by molar-refractivity contribution is 6.03. The van der Waals surface area contributed by atoms with Gasteiger partial charge in [0.25, 0.3) is 0 Å². The maximum Gasteiger partial charge on any atom is 0.471 e. The van der Waals surface area contributed by atoms with Gasteiger partial charge in [-0.2, -0.15) is 23.1 Å². The number of amides is 1. The Morgan fingerprint density at radius 3 is 2.49 bits per heavy atom. The first-order valence-corrected chi connectivity index (χ1v) is 16.8. The van der Waals surface area contributed by atoms with Crippen molar-refractivity contribution < 1.29 is 41.3 Å². The van der Waals surface area contributed by atoms with Crippen molar-refractivity contribution in [1.82, 2.24) is 24.8 Å². The number of benzene rings is 2. The second kappa shape index (κ2) is 12.4. The van der Waals surface area contributed by atoms with Crippen LogP contribution in [0.3, 0.4) is 0 Å². The number of morpholine rings is 1. The molecule has 5 heterocycles. The third-order valence-electron chi connectivity index (χ3n) is 10.5. The van der Waals surface area contributed by atoms with Gasteiger partial charge in [0.2, 0.25) is 0 Å². The molecule has 2 atom stereocenters. The summed E-state index contributed by atoms with van der Waals surface area (Å²) in [4.78, 5) is 30.8. The minimum Gasteiger partial charge on any atom is -0.508 e. The van der Waals surface area contributed by atoms with Crippen LogP contribution in [0.15, 0.2) is 30.5 Å². The SMILES string of the molecule is C#Cc1c(F)ccc2cc(O)cc(-c3ncc4c(N5CC6CCC(C5)N6C(=O)C(F)(F)F)nc(OCC5(CN6CCOCC6)CC5)nc4c3F)c12. The molecule has 51 heavy (non-hydrogen) atoms. The zero-order valence-corrected chi connectivity index (χ0v) is 27.3. The highest BCUT2D eigenvalue weighted by Crippen LogP contribution is 2.47. The van der Waals surface area contributed by atoms with Crippen LogP contribution in [0.2, 0.25) is 0 Å². The summed E-state index contributed by atoms with van der Waals surface area (Å²) in [6.45, 7) is 4.01. The molecule has 3 aliphatic heterocycles. The van der Waals surface area contributed by atoms with Crippen LogP contribution in [-0.4, -0.2) is 107 Å². The van der Waals surface area contributed by atoms with Crippen LogP contribution in [0.5, 0.6) is 11.8 Å². The summed E-state index contributed by atoms with van der Waals surface area (Å²) in [5.74, 6) is -1.19. The van der Waals surface area contributed by atoms with E-state index in [1.165, 1.54) is 24.4 Å². The molecule has 10 nitrogen and oxygen atoms in total. The Hall–Kier alpha value is -4.81. The summed E-state index contributed by atoms with van der Waals surface area (Å²) in [5, 5.41) is 11.3. The van der Waals surface area contributed by atoms with Gasteiger partial charge in [0, 0.05) is 55.3 Å². The van der Waals surface area contributed by atoms with Gasteiger partial charge in [-0.15, -0.1) is 6.42 Å². The number of piperazine rings is 1. The van der Waals surface area contributed by atoms with Gasteiger partial charge in [0.1, 0.15) is 28.6 Å². The number of terminal acetylenes is 1. The first-order valence-electron chi connectivity index (χ1n) is 16.8. The number of anilines is 1. The Morgan fingerprint density at radius 2 is 1.82 bits per heavy atom. The molecule has 266 valence electrons. The molecule has 2 unspecified atom stereocenters. The lowest BCUT2D eigenvalue weighted by atomic mass is 9.96. The van der Waals surface area contributed by atoms with Crippen LogP contribution in [-0.2, 0) is 9.53 Å². The lowest BCUT2D eigenvalue weighted by molar-refractivity contribution is -0.188. The summed E-state index contributed by atoms with van der Waals surface area (Å²) in [5.41, 5.74) is -0.675. The molecule has 15 heteroatoms. The number of pyridine rings is 1. The van der Waals surface area contributed by atoms with Crippen molar-refractivity contribution in [3.8, 4) is 35.4 Å². The first kappa shape index (κ1) is 33.3. The molecule has 1 amide bonds. The number of nitrogens with zero attached hydrogens (tertiary/aromatic N) is 6. The fraction of sp³-hybridized carbons (Fsp3) is 0.444. The molecular weight excluding hydrogens is 675 g/mol. The van der Waals surface area contributed by atoms with Crippen LogP contribution in [0.1, 0.15) is 31.2 Å². The largest absolute Gasteiger partial charge is 0.508 e. The number of fused-ring (bicyclic) bond motifs is 4. The van der Waals surface area contributed by atoms with Gasteiger partial charge in [-0.1, -0.05) is 12.0 Å². The molecule has 8 rings (SSSR count). The minimum absolute atomic E-state index is 0.0240. The predicted octanol–water partition coefficient (Wildman–Crippen LogP) is 5.04. The second-order valence-electron chi connectivity index (χ2n) is 13.8. The van der Waals surface area contributed by atoms with Gasteiger partial charge in [0.15, 0.2) is 5.82 Å². The molecule has 1 saturated carbocycles. The van der Waals surface area contributed by atoms with Crippen LogP contribution in [0.4, 0.5) is 27.8 Å². The second-order valence-corrected chi connectivity index (χ2v) is 13.8. The van der Waals surface area contributed by atoms with Gasteiger partial charge < -0.3 is 24.4 Å². The lowest BCUT2D eigenvalue weighted by Gasteiger charge is -2.42. The standard InChI is InChI=1S/C36H33F5N6O4/c1-2-24-27(37)6-3-20-13-23(48)14-25(28(20)24)30-29(38)31-26(15-42-30)32(46-16-21-4-5-22(17-46)47(21)33(49)36(39,40)41)44-34(43-31)51-19-35(7-8-35)18-45-9-11-50-12-10-45/h1,3,6,13-15,21-22,48H,4-5,7-12,16-19H2. The minimum atomic E-state index is -5.01. The number of ether oxygens (including phenoxy) is 2. The van der Waals surface area contributed by atoms with E-state index in [1.807, 2.05) is 0 Å². The number of hydrogen-bond donors (Lipinski definition) is 1. The maximum absolute atomic E-state index is 16.9. The van der Waals surface area contributed by atoms with E-state index in [0.29, 0.717) is 31.4 Å². The number of alkyl halides is 3. The molecule has 1 N–H and O–H groups in total. The number of phenolic OH excluding ortho intramolecular Hbond substituents is 1. The molecular formula is C36H33F5N6O4. The predicted molar refractivity (Wildman–Crippen MR) is 176 cm³/mol. The smallest absolute Gasteiger partial charge is 0.471 e. The van der Waals surface area contributed by atoms with Crippen molar-refractivity contribution in [2.75, 3.05) is 57.4 Å². The number of aromatic hydroxyl groups is 1. The fourth-order valence-corrected chi connectivity index (χ4v) is 7.80. The third-order valence-corrected chi connectivity index (χ3v) is 10.5. The summed E-state index contributed by atoms with van der Waals surface area (Å²) in [7, 11) is 0. The summed E-state index contributed by atoms with van der Waals surface area (Å²) >= 11 is 0. The van der Waals surface area contributed by atoms with Crippen molar-refractivity contribution in [2.45, 2.75) is 43.9 Å². The number of hydrogen-bond acceptors (Lipinski definition) is 9. The van der Waals surface area contributed by atoms with E-state index >= 15 is 4.39 Å². The van der Waals surface area contributed by atoms with Crippen molar-refractivity contribution in [2.24, 2.45) is 5.41 Å². The van der Waals surface area contributed by atoms with Gasteiger partial charge in [-0.3, -0.25) is 14.7 Å². The van der Waals surface area contributed by atoms with Gasteiger partial charge in [0.05, 0.1) is 42.9 Å². The van der Waals surface area contributed by atoms with E-state index in [4.69, 9.17) is 15.9 Å². The molecule has 1 aliphatic carbocycles. The topological polar surface area (TPSA) is 104 Å². The van der Waals surface area contributed by atoms with E-state index in [1.54, 1.807) is 4.90 Å². The molecule has 2 aromatic carbocycles. The number of aromatic nitrogens is 3. The normalized spacial score (nSPS) is 21.6. The van der Waals surface area contributed by atoms with Crippen LogP contribution >= 0.6 is 0 Å². The van der Waals surface area contributed by atoms with Crippen molar-refractivity contribution >= 4 is 33.4 Å². The third kappa shape index (κ3) is 6.03. The Balaban J connectivity index is 1.21. The molecule has 4 aromatic rings. The Labute approximate surface area is 289 Å². The molecule has 4 aliphatic rings. The Morgan fingerprint density at radius 1 is 1.10 bits per heavy atom. The number of phenols is 1. The molecule has 4 fully saturated rings. The molecule has 2 aromatic heterocycles. The van der Waals surface area contributed by atoms with Gasteiger partial charge >= 0.3 is 18.1 Å². The first-order chi connectivity index (χ1) is 24.4. The Bertz CT molecular complexity index is 2080. The molecule has 3 saturated heterocycles. The zero-order valence-electron chi connectivity index (χ0n) is 27.3. The van der Waals surface area contributed by atoms with Crippen molar-refractivity contribution in [3.63, 3.8) is 0 Å². The Kier molecular flexibility index (Phi) is 8.14. The fourth-order valence-electron chi connectivity index (χ4n) is 7.80. The molecule has 2 bridgehead atoms. The molecule has 0 radical (unpaired) electrons. The number of rotatable bonds is 7. The van der Waals surface area contributed by atoms with Crippen molar-refractivity contribution in [1.29, 1.82) is 0 Å². The quantitative estimate of drug-likeness (QED) is 0.209. The lowest BCUT2D eigenvalue weighted by Crippen LogP contribution is -2.59. The number of halogens is 5. The van der Waals surface area contributed by atoms with Crippen LogP contribution in [0.25, 0.3) is 32.9 Å². The summed E-state index contributed by atoms with van der Waals surface area (Å²) in [6.07, 6.45) is 4.58. The van der Waals surface area contributed by atoms with E-state index < -0.39 is 35.8 Å². The van der Waals surface area contributed by atoms with Crippen LogP contribution < -0.4 is 9.64 Å². The van der Waals surface area contributed by atoms with E-state index in [-0.39, 0.29) is 75.8 Å². The van der Waals surface area contributed by atoms with Gasteiger partial charge in [-0.25, -0.2) is 8.78 Å². The maximum atomic E-state index is 16.9. The van der Waals surface area contributed by atoms with Gasteiger partial charge in [-0.05, 0) is 49.3 Å². The average molecular weight is 709 g/mol. The van der Waals surface area contributed by atoms with E-state index in [2.05, 4.69) is 25.8 Å². The highest BCUT2D eigenvalue weighted by atomic mass is 19.4. The number of carbonyl (C=O) groups is 1. The highest BCUT2D eigenvalue weighted by Gasteiger charge is 2.52. The number of carbonyl (C=O) groups excluding carboxylic acids is 1. The average Bonchev–Trinajstić information content (AvgIpc) is 3.82. The van der Waals surface area contributed by atoms with E-state index in [9.17, 15) is 27.5 Å². The summed E-state index contributed by atoms with van der Waals surface area (Å²) < 4.78 is 83.9. The van der Waals surface area contributed by atoms with E-state index in [0.717, 1.165) is 43.4 Å². The van der Waals surface area contributed by atoms with Crippen molar-refractivity contribution in [3.05, 3.63) is 47.7 Å². The monoisotopic (exact) mass is 708 g/mol. The zero-order chi connectivity index (χ0) is 35.7. The molecule has 0 spiro atoms. The van der Waals surface area contributed by atoms with Crippen LogP contribution in [0, 0.1) is 29.4 Å². The summed E-state index contributed by atoms with van der Waals surface area (Å²) in [6, 6.07) is 3.62.